The fraction of sp³-hybridized carbons (Fsp3) is 0.263. The molecule has 0 aliphatic heterocycles. The van der Waals surface area contributed by atoms with Gasteiger partial charge in [-0.2, -0.15) is 0 Å². The Bertz CT molecular complexity index is 713. The highest BCUT2D eigenvalue weighted by molar-refractivity contribution is 5.98. The van der Waals surface area contributed by atoms with Crippen molar-refractivity contribution in [1.29, 1.82) is 0 Å². The van der Waals surface area contributed by atoms with Crippen LogP contribution < -0.4 is 10.1 Å². The second-order valence-corrected chi connectivity index (χ2v) is 5.29. The number of benzene rings is 2. The minimum atomic E-state index is -0.617. The molecule has 0 unspecified atom stereocenters. The topological polar surface area (TPSA) is 64.6 Å². The molecule has 0 heterocycles. The second-order valence-electron chi connectivity index (χ2n) is 5.29. The molecule has 0 aliphatic carbocycles. The van der Waals surface area contributed by atoms with Crippen LogP contribution in [0.2, 0.25) is 0 Å². The Balaban J connectivity index is 2.14. The monoisotopic (exact) mass is 327 g/mol. The SMILES string of the molecule is CC[C@H](Oc1ccccc1)C(=O)Nc1cccc(C(=O)OC)c1C. The quantitative estimate of drug-likeness (QED) is 0.824. The van der Waals surface area contributed by atoms with E-state index >= 15 is 0 Å². The lowest BCUT2D eigenvalue weighted by atomic mass is 10.1. The maximum absolute atomic E-state index is 12.5. The maximum atomic E-state index is 12.5. The molecule has 24 heavy (non-hydrogen) atoms. The number of para-hydroxylation sites is 1. The van der Waals surface area contributed by atoms with Crippen LogP contribution in [0.4, 0.5) is 5.69 Å². The predicted octanol–water partition coefficient (Wildman–Crippen LogP) is 3.58. The Morgan fingerprint density at radius 3 is 2.42 bits per heavy atom. The molecule has 0 saturated carbocycles. The molecule has 1 N–H and O–H groups in total. The number of hydrogen-bond acceptors (Lipinski definition) is 4. The minimum absolute atomic E-state index is 0.258. The number of hydrogen-bond donors (Lipinski definition) is 1. The van der Waals surface area contributed by atoms with Gasteiger partial charge >= 0.3 is 5.97 Å². The minimum Gasteiger partial charge on any atom is -0.481 e. The van der Waals surface area contributed by atoms with Gasteiger partial charge in [0.2, 0.25) is 0 Å². The van der Waals surface area contributed by atoms with Gasteiger partial charge in [0.25, 0.3) is 5.91 Å². The van der Waals surface area contributed by atoms with Crippen LogP contribution in [0.5, 0.6) is 5.75 Å². The summed E-state index contributed by atoms with van der Waals surface area (Å²) in [6, 6.07) is 14.3. The van der Waals surface area contributed by atoms with Crippen molar-refractivity contribution in [2.45, 2.75) is 26.4 Å². The molecule has 2 rings (SSSR count). The Labute approximate surface area is 141 Å². The molecule has 5 heteroatoms. The number of rotatable bonds is 6. The van der Waals surface area contributed by atoms with Crippen LogP contribution in [0.3, 0.4) is 0 Å². The molecule has 1 amide bonds. The molecule has 0 saturated heterocycles. The van der Waals surface area contributed by atoms with E-state index in [2.05, 4.69) is 5.32 Å². The van der Waals surface area contributed by atoms with Gasteiger partial charge in [-0.05, 0) is 43.2 Å². The lowest BCUT2D eigenvalue weighted by Crippen LogP contribution is -2.32. The first-order chi connectivity index (χ1) is 11.6. The number of esters is 1. The predicted molar refractivity (Wildman–Crippen MR) is 92.3 cm³/mol. The van der Waals surface area contributed by atoms with Gasteiger partial charge in [0, 0.05) is 5.69 Å². The van der Waals surface area contributed by atoms with Gasteiger partial charge in [-0.15, -0.1) is 0 Å². The summed E-state index contributed by atoms with van der Waals surface area (Å²) in [5.41, 5.74) is 1.65. The Morgan fingerprint density at radius 1 is 1.08 bits per heavy atom. The Kier molecular flexibility index (Phi) is 5.95. The number of methoxy groups -OCH3 is 1. The van der Waals surface area contributed by atoms with Gasteiger partial charge in [0.1, 0.15) is 5.75 Å². The van der Waals surface area contributed by atoms with Gasteiger partial charge in [-0.1, -0.05) is 31.2 Å². The fourth-order valence-electron chi connectivity index (χ4n) is 2.30. The summed E-state index contributed by atoms with van der Waals surface area (Å²) in [5, 5.41) is 2.83. The zero-order valence-electron chi connectivity index (χ0n) is 14.0. The van der Waals surface area contributed by atoms with E-state index in [-0.39, 0.29) is 5.91 Å². The van der Waals surface area contributed by atoms with Crippen molar-refractivity contribution in [2.75, 3.05) is 12.4 Å². The van der Waals surface area contributed by atoms with E-state index in [0.29, 0.717) is 29.0 Å². The van der Waals surface area contributed by atoms with Crippen LogP contribution in [-0.4, -0.2) is 25.1 Å². The average molecular weight is 327 g/mol. The molecule has 5 nitrogen and oxygen atoms in total. The van der Waals surface area contributed by atoms with E-state index in [0.717, 1.165) is 0 Å². The molecule has 2 aromatic rings. The highest BCUT2D eigenvalue weighted by atomic mass is 16.5. The molecule has 0 bridgehead atoms. The number of ether oxygens (including phenoxy) is 2. The van der Waals surface area contributed by atoms with E-state index in [4.69, 9.17) is 9.47 Å². The normalized spacial score (nSPS) is 11.5. The van der Waals surface area contributed by atoms with Gasteiger partial charge in [0.05, 0.1) is 12.7 Å². The van der Waals surface area contributed by atoms with E-state index in [9.17, 15) is 9.59 Å². The largest absolute Gasteiger partial charge is 0.481 e. The highest BCUT2D eigenvalue weighted by Crippen LogP contribution is 2.21. The van der Waals surface area contributed by atoms with Gasteiger partial charge in [-0.3, -0.25) is 4.79 Å². The van der Waals surface area contributed by atoms with Crippen LogP contribution in [-0.2, 0) is 9.53 Å². The van der Waals surface area contributed by atoms with Crippen molar-refractivity contribution in [3.63, 3.8) is 0 Å². The maximum Gasteiger partial charge on any atom is 0.338 e. The van der Waals surface area contributed by atoms with Crippen LogP contribution in [0, 0.1) is 6.92 Å². The summed E-state index contributed by atoms with van der Waals surface area (Å²) in [7, 11) is 1.33. The summed E-state index contributed by atoms with van der Waals surface area (Å²) < 4.78 is 10.5. The van der Waals surface area contributed by atoms with E-state index in [1.165, 1.54) is 7.11 Å². The Morgan fingerprint density at radius 2 is 1.79 bits per heavy atom. The molecule has 1 atom stereocenters. The van der Waals surface area contributed by atoms with Crippen LogP contribution in [0.25, 0.3) is 0 Å². The molecule has 0 radical (unpaired) electrons. The van der Waals surface area contributed by atoms with Crippen molar-refractivity contribution >= 4 is 17.6 Å². The molecule has 0 fully saturated rings. The van der Waals surface area contributed by atoms with Crippen LogP contribution >= 0.6 is 0 Å². The highest BCUT2D eigenvalue weighted by Gasteiger charge is 2.20. The van der Waals surface area contributed by atoms with Crippen molar-refractivity contribution in [3.8, 4) is 5.75 Å². The summed E-state index contributed by atoms with van der Waals surface area (Å²) in [6.07, 6.45) is -0.0928. The third-order valence-electron chi connectivity index (χ3n) is 3.68. The van der Waals surface area contributed by atoms with E-state index in [1.54, 1.807) is 37.3 Å². The zero-order chi connectivity index (χ0) is 17.5. The lowest BCUT2D eigenvalue weighted by molar-refractivity contribution is -0.122. The number of nitrogens with one attached hydrogen (secondary N) is 1. The molecular weight excluding hydrogens is 306 g/mol. The third kappa shape index (κ3) is 4.13. The third-order valence-corrected chi connectivity index (χ3v) is 3.68. The average Bonchev–Trinajstić information content (AvgIpc) is 2.61. The first-order valence-electron chi connectivity index (χ1n) is 7.77. The molecular formula is C19H21NO4. The molecule has 0 aliphatic rings. The van der Waals surface area contributed by atoms with E-state index in [1.807, 2.05) is 25.1 Å². The van der Waals surface area contributed by atoms with Gasteiger partial charge in [-0.25, -0.2) is 4.79 Å². The van der Waals surface area contributed by atoms with Crippen molar-refractivity contribution in [1.82, 2.24) is 0 Å². The van der Waals surface area contributed by atoms with Gasteiger partial charge in [0.15, 0.2) is 6.10 Å². The lowest BCUT2D eigenvalue weighted by Gasteiger charge is -2.18. The molecule has 0 spiro atoms. The standard InChI is InChI=1S/C19H21NO4/c1-4-17(24-14-9-6-5-7-10-14)18(21)20-16-12-8-11-15(13(16)2)19(22)23-3/h5-12,17H,4H2,1-3H3,(H,20,21)/t17-/m0/s1. The summed E-state index contributed by atoms with van der Waals surface area (Å²) in [6.45, 7) is 3.64. The summed E-state index contributed by atoms with van der Waals surface area (Å²) in [4.78, 5) is 24.2. The van der Waals surface area contributed by atoms with Crippen molar-refractivity contribution < 1.29 is 19.1 Å². The molecule has 126 valence electrons. The first kappa shape index (κ1) is 17.5. The number of carbonyl (C=O) groups is 2. The number of amides is 1. The second kappa shape index (κ2) is 8.15. The first-order valence-corrected chi connectivity index (χ1v) is 7.77. The van der Waals surface area contributed by atoms with Crippen molar-refractivity contribution in [3.05, 3.63) is 59.7 Å². The number of anilines is 1. The Hall–Kier alpha value is -2.82. The van der Waals surface area contributed by atoms with Crippen molar-refractivity contribution in [2.24, 2.45) is 0 Å². The molecule has 2 aromatic carbocycles. The zero-order valence-corrected chi connectivity index (χ0v) is 14.0. The van der Waals surface area contributed by atoms with E-state index < -0.39 is 12.1 Å². The smallest absolute Gasteiger partial charge is 0.338 e. The van der Waals surface area contributed by atoms with Gasteiger partial charge < -0.3 is 14.8 Å². The fourth-order valence-corrected chi connectivity index (χ4v) is 2.30. The molecule has 0 aromatic heterocycles. The van der Waals surface area contributed by atoms with Crippen LogP contribution in [0.15, 0.2) is 48.5 Å². The summed E-state index contributed by atoms with van der Waals surface area (Å²) >= 11 is 0. The number of carbonyl (C=O) groups excluding carboxylic acids is 2. The summed E-state index contributed by atoms with van der Waals surface area (Å²) in [5.74, 6) is -0.0535. The van der Waals surface area contributed by atoms with Crippen LogP contribution in [0.1, 0.15) is 29.3 Å².